The van der Waals surface area contributed by atoms with Crippen molar-refractivity contribution in [2.24, 2.45) is 4.99 Å². The zero-order valence-corrected chi connectivity index (χ0v) is 18.6. The summed E-state index contributed by atoms with van der Waals surface area (Å²) in [6, 6.07) is 12.0. The van der Waals surface area contributed by atoms with Crippen LogP contribution in [0.4, 0.5) is 0 Å². The average Bonchev–Trinajstić information content (AvgIpc) is 2.80. The quantitative estimate of drug-likeness (QED) is 0.412. The third kappa shape index (κ3) is 7.91. The van der Waals surface area contributed by atoms with Crippen molar-refractivity contribution in [3.63, 3.8) is 0 Å². The number of likely N-dealkylation sites (N-methyl/N-ethyl adjacent to an activating group) is 1. The van der Waals surface area contributed by atoms with Crippen LogP contribution in [0.3, 0.4) is 0 Å². The first kappa shape index (κ1) is 23.5. The largest absolute Gasteiger partial charge is 0.493 e. The van der Waals surface area contributed by atoms with Gasteiger partial charge in [-0.05, 0) is 42.9 Å². The Hall–Kier alpha value is -2.80. The Balaban J connectivity index is 1.82. The SMILES string of the molecule is CCN(CC)CCOc1ccc(CNC(=NC)NCCc2ccccn2)cc1OC. The Bertz CT molecular complexity index is 763. The van der Waals surface area contributed by atoms with Gasteiger partial charge in [0.15, 0.2) is 17.5 Å². The van der Waals surface area contributed by atoms with Crippen LogP contribution in [0.15, 0.2) is 47.6 Å². The molecule has 0 amide bonds. The second-order valence-corrected chi connectivity index (χ2v) is 6.78. The number of pyridine rings is 1. The molecule has 0 radical (unpaired) electrons. The van der Waals surface area contributed by atoms with Crippen LogP contribution in [-0.4, -0.2) is 62.8 Å². The first-order valence-corrected chi connectivity index (χ1v) is 10.6. The van der Waals surface area contributed by atoms with Gasteiger partial charge < -0.3 is 25.0 Å². The summed E-state index contributed by atoms with van der Waals surface area (Å²) in [7, 11) is 3.44. The average molecular weight is 414 g/mol. The van der Waals surface area contributed by atoms with Gasteiger partial charge in [-0.1, -0.05) is 26.0 Å². The Labute approximate surface area is 180 Å². The van der Waals surface area contributed by atoms with Gasteiger partial charge in [-0.2, -0.15) is 0 Å². The number of ether oxygens (including phenoxy) is 2. The highest BCUT2D eigenvalue weighted by Crippen LogP contribution is 2.28. The summed E-state index contributed by atoms with van der Waals surface area (Å²) in [6.07, 6.45) is 2.65. The lowest BCUT2D eigenvalue weighted by molar-refractivity contribution is 0.217. The van der Waals surface area contributed by atoms with Gasteiger partial charge in [0.05, 0.1) is 7.11 Å². The maximum Gasteiger partial charge on any atom is 0.191 e. The summed E-state index contributed by atoms with van der Waals surface area (Å²) in [4.78, 5) is 10.9. The number of nitrogens with zero attached hydrogens (tertiary/aromatic N) is 3. The van der Waals surface area contributed by atoms with Crippen molar-refractivity contribution in [2.45, 2.75) is 26.8 Å². The number of rotatable bonds is 12. The molecule has 0 aliphatic carbocycles. The lowest BCUT2D eigenvalue weighted by Gasteiger charge is -2.19. The Morgan fingerprint density at radius 1 is 1.10 bits per heavy atom. The third-order valence-electron chi connectivity index (χ3n) is 4.87. The minimum atomic E-state index is 0.638. The fourth-order valence-electron chi connectivity index (χ4n) is 3.03. The van der Waals surface area contributed by atoms with Crippen molar-refractivity contribution in [3.8, 4) is 11.5 Å². The summed E-state index contributed by atoms with van der Waals surface area (Å²) in [5, 5.41) is 6.65. The first-order valence-electron chi connectivity index (χ1n) is 10.6. The van der Waals surface area contributed by atoms with Gasteiger partial charge in [0.25, 0.3) is 0 Å². The van der Waals surface area contributed by atoms with E-state index < -0.39 is 0 Å². The Morgan fingerprint density at radius 3 is 2.60 bits per heavy atom. The topological polar surface area (TPSA) is 71.0 Å². The molecule has 1 aromatic heterocycles. The van der Waals surface area contributed by atoms with Crippen molar-refractivity contribution >= 4 is 5.96 Å². The minimum absolute atomic E-state index is 0.638. The van der Waals surface area contributed by atoms with Gasteiger partial charge in [-0.3, -0.25) is 9.98 Å². The van der Waals surface area contributed by atoms with E-state index in [0.29, 0.717) is 13.2 Å². The predicted octanol–water partition coefficient (Wildman–Crippen LogP) is 2.72. The summed E-state index contributed by atoms with van der Waals surface area (Å²) < 4.78 is 11.5. The molecule has 0 saturated carbocycles. The zero-order chi connectivity index (χ0) is 21.6. The zero-order valence-electron chi connectivity index (χ0n) is 18.6. The fourth-order valence-corrected chi connectivity index (χ4v) is 3.03. The van der Waals surface area contributed by atoms with Crippen molar-refractivity contribution in [3.05, 3.63) is 53.9 Å². The second kappa shape index (κ2) is 13.4. The molecule has 0 aliphatic heterocycles. The third-order valence-corrected chi connectivity index (χ3v) is 4.87. The maximum absolute atomic E-state index is 5.93. The summed E-state index contributed by atoms with van der Waals surface area (Å²) in [5.74, 6) is 2.27. The smallest absolute Gasteiger partial charge is 0.191 e. The van der Waals surface area contributed by atoms with E-state index in [2.05, 4.69) is 39.4 Å². The van der Waals surface area contributed by atoms with Crippen LogP contribution in [0, 0.1) is 0 Å². The van der Waals surface area contributed by atoms with Crippen molar-refractivity contribution in [2.75, 3.05) is 46.9 Å². The molecule has 0 spiro atoms. The minimum Gasteiger partial charge on any atom is -0.493 e. The standard InChI is InChI=1S/C23H35N5O2/c1-5-28(6-2)15-16-30-21-11-10-19(17-22(21)29-4)18-27-23(24-3)26-14-12-20-9-7-8-13-25-20/h7-11,13,17H,5-6,12,14-16,18H2,1-4H3,(H2,24,26,27). The van der Waals surface area contributed by atoms with E-state index in [1.54, 1.807) is 14.2 Å². The van der Waals surface area contributed by atoms with Crippen molar-refractivity contribution in [1.29, 1.82) is 0 Å². The molecule has 1 heterocycles. The van der Waals surface area contributed by atoms with Gasteiger partial charge >= 0.3 is 0 Å². The molecule has 0 fully saturated rings. The summed E-state index contributed by atoms with van der Waals surface area (Å²) in [5.41, 5.74) is 2.15. The van der Waals surface area contributed by atoms with E-state index in [9.17, 15) is 0 Å². The lowest BCUT2D eigenvalue weighted by Crippen LogP contribution is -2.37. The van der Waals surface area contributed by atoms with E-state index in [1.807, 2.05) is 42.6 Å². The van der Waals surface area contributed by atoms with Crippen LogP contribution < -0.4 is 20.1 Å². The Morgan fingerprint density at radius 2 is 1.93 bits per heavy atom. The predicted molar refractivity (Wildman–Crippen MR) is 122 cm³/mol. The maximum atomic E-state index is 5.93. The molecule has 0 aliphatic rings. The summed E-state index contributed by atoms with van der Waals surface area (Å²) >= 11 is 0. The normalized spacial score (nSPS) is 11.4. The highest BCUT2D eigenvalue weighted by molar-refractivity contribution is 5.79. The molecule has 0 bridgehead atoms. The van der Waals surface area contributed by atoms with Crippen LogP contribution in [0.5, 0.6) is 11.5 Å². The van der Waals surface area contributed by atoms with E-state index in [1.165, 1.54) is 0 Å². The molecule has 7 heteroatoms. The van der Waals surface area contributed by atoms with Crippen LogP contribution in [-0.2, 0) is 13.0 Å². The fraction of sp³-hybridized carbons (Fsp3) is 0.478. The second-order valence-electron chi connectivity index (χ2n) is 6.78. The molecular formula is C23H35N5O2. The van der Waals surface area contributed by atoms with Crippen molar-refractivity contribution < 1.29 is 9.47 Å². The number of methoxy groups -OCH3 is 1. The van der Waals surface area contributed by atoms with Crippen LogP contribution in [0.25, 0.3) is 0 Å². The van der Waals surface area contributed by atoms with Gasteiger partial charge in [-0.15, -0.1) is 0 Å². The molecule has 164 valence electrons. The first-order chi connectivity index (χ1) is 14.7. The molecule has 2 rings (SSSR count). The highest BCUT2D eigenvalue weighted by Gasteiger charge is 2.08. The molecule has 30 heavy (non-hydrogen) atoms. The van der Waals surface area contributed by atoms with E-state index in [0.717, 1.165) is 61.3 Å². The van der Waals surface area contributed by atoms with Crippen LogP contribution in [0.2, 0.25) is 0 Å². The molecule has 7 nitrogen and oxygen atoms in total. The molecule has 1 aromatic carbocycles. The number of aliphatic imine (C=N–C) groups is 1. The van der Waals surface area contributed by atoms with E-state index in [-0.39, 0.29) is 0 Å². The lowest BCUT2D eigenvalue weighted by atomic mass is 10.2. The molecular weight excluding hydrogens is 378 g/mol. The van der Waals surface area contributed by atoms with Gasteiger partial charge in [-0.25, -0.2) is 0 Å². The molecule has 0 unspecified atom stereocenters. The number of nitrogens with one attached hydrogen (secondary N) is 2. The highest BCUT2D eigenvalue weighted by atomic mass is 16.5. The molecule has 2 N–H and O–H groups in total. The van der Waals surface area contributed by atoms with Gasteiger partial charge in [0.1, 0.15) is 6.61 Å². The van der Waals surface area contributed by atoms with Crippen molar-refractivity contribution in [1.82, 2.24) is 20.5 Å². The van der Waals surface area contributed by atoms with Crippen LogP contribution >= 0.6 is 0 Å². The number of hydrogen-bond acceptors (Lipinski definition) is 5. The monoisotopic (exact) mass is 413 g/mol. The van der Waals surface area contributed by atoms with E-state index in [4.69, 9.17) is 9.47 Å². The molecule has 0 saturated heterocycles. The van der Waals surface area contributed by atoms with Gasteiger partial charge in [0, 0.05) is 45.0 Å². The van der Waals surface area contributed by atoms with Crippen LogP contribution in [0.1, 0.15) is 25.1 Å². The van der Waals surface area contributed by atoms with E-state index >= 15 is 0 Å². The van der Waals surface area contributed by atoms with Gasteiger partial charge in [0.2, 0.25) is 0 Å². The number of hydrogen-bond donors (Lipinski definition) is 2. The molecule has 2 aromatic rings. The summed E-state index contributed by atoms with van der Waals surface area (Å²) in [6.45, 7) is 9.32. The number of aromatic nitrogens is 1. The number of guanidine groups is 1. The Kier molecular flexibility index (Phi) is 10.5. The molecule has 0 atom stereocenters. The number of benzene rings is 1.